The number of hydrogen-bond acceptors (Lipinski definition) is 5. The third-order valence-electron chi connectivity index (χ3n) is 2.61. The number of nitrogens with zero attached hydrogens (tertiary/aromatic N) is 3. The number of anilines is 1. The topological polar surface area (TPSA) is 77.8 Å². The minimum atomic E-state index is 0.362. The third-order valence-corrected chi connectivity index (χ3v) is 2.84. The summed E-state index contributed by atoms with van der Waals surface area (Å²) in [6.45, 7) is 0. The molecule has 2 aromatic heterocycles. The molecular weight excluding hydrogens is 264 g/mol. The number of pyridine rings is 1. The summed E-state index contributed by atoms with van der Waals surface area (Å²) in [5.74, 6) is 0.854. The van der Waals surface area contributed by atoms with Crippen molar-refractivity contribution in [2.75, 3.05) is 5.73 Å². The third kappa shape index (κ3) is 2.28. The van der Waals surface area contributed by atoms with Crippen molar-refractivity contribution in [1.82, 2.24) is 15.1 Å². The van der Waals surface area contributed by atoms with E-state index in [1.807, 2.05) is 0 Å². The fourth-order valence-electron chi connectivity index (χ4n) is 1.68. The average molecular weight is 273 g/mol. The van der Waals surface area contributed by atoms with Crippen LogP contribution in [0.2, 0.25) is 5.02 Å². The molecule has 1 aromatic carbocycles. The van der Waals surface area contributed by atoms with Gasteiger partial charge in [-0.15, -0.1) is 0 Å². The van der Waals surface area contributed by atoms with E-state index < -0.39 is 0 Å². The van der Waals surface area contributed by atoms with E-state index >= 15 is 0 Å². The van der Waals surface area contributed by atoms with Gasteiger partial charge in [0, 0.05) is 28.7 Å². The summed E-state index contributed by atoms with van der Waals surface area (Å²) in [5.41, 5.74) is 7.87. The van der Waals surface area contributed by atoms with Crippen LogP contribution in [0.4, 0.5) is 5.69 Å². The monoisotopic (exact) mass is 272 g/mol. The highest BCUT2D eigenvalue weighted by Crippen LogP contribution is 2.28. The molecule has 0 aliphatic rings. The van der Waals surface area contributed by atoms with Gasteiger partial charge in [-0.1, -0.05) is 16.8 Å². The molecule has 3 aromatic rings. The zero-order valence-electron chi connectivity index (χ0n) is 9.75. The summed E-state index contributed by atoms with van der Waals surface area (Å²) in [7, 11) is 0. The van der Waals surface area contributed by atoms with Crippen molar-refractivity contribution in [2.45, 2.75) is 0 Å². The van der Waals surface area contributed by atoms with E-state index in [0.29, 0.717) is 28.0 Å². The van der Waals surface area contributed by atoms with Crippen LogP contribution in [0.25, 0.3) is 22.8 Å². The lowest BCUT2D eigenvalue weighted by Crippen LogP contribution is -1.90. The van der Waals surface area contributed by atoms with Crippen LogP contribution in [0.3, 0.4) is 0 Å². The quantitative estimate of drug-likeness (QED) is 0.726. The first-order valence-corrected chi connectivity index (χ1v) is 5.91. The summed E-state index contributed by atoms with van der Waals surface area (Å²) in [6.07, 6.45) is 3.34. The Hall–Kier alpha value is -2.40. The van der Waals surface area contributed by atoms with Gasteiger partial charge in [0.15, 0.2) is 0 Å². The summed E-state index contributed by atoms with van der Waals surface area (Å²) in [5, 5.41) is 4.49. The van der Waals surface area contributed by atoms with Gasteiger partial charge < -0.3 is 10.3 Å². The van der Waals surface area contributed by atoms with E-state index in [1.54, 1.807) is 42.7 Å². The van der Waals surface area contributed by atoms with Gasteiger partial charge in [-0.05, 0) is 30.3 Å². The van der Waals surface area contributed by atoms with E-state index in [1.165, 1.54) is 0 Å². The average Bonchev–Trinajstić information content (AvgIpc) is 2.89. The number of aromatic nitrogens is 3. The maximum absolute atomic E-state index is 5.88. The van der Waals surface area contributed by atoms with Crippen molar-refractivity contribution in [2.24, 2.45) is 0 Å². The Kier molecular flexibility index (Phi) is 2.89. The predicted octanol–water partition coefficient (Wildman–Crippen LogP) is 3.03. The molecule has 0 spiro atoms. The van der Waals surface area contributed by atoms with Gasteiger partial charge in [0.25, 0.3) is 5.89 Å². The van der Waals surface area contributed by atoms with Gasteiger partial charge in [-0.25, -0.2) is 0 Å². The Labute approximate surface area is 114 Å². The Morgan fingerprint density at radius 2 is 1.89 bits per heavy atom. The largest absolute Gasteiger partial charge is 0.398 e. The summed E-state index contributed by atoms with van der Waals surface area (Å²) < 4.78 is 5.22. The van der Waals surface area contributed by atoms with Crippen molar-refractivity contribution in [3.8, 4) is 22.8 Å². The number of benzene rings is 1. The van der Waals surface area contributed by atoms with Gasteiger partial charge in [-0.2, -0.15) is 4.98 Å². The molecule has 0 saturated heterocycles. The highest BCUT2D eigenvalue weighted by molar-refractivity contribution is 6.31. The van der Waals surface area contributed by atoms with Crippen LogP contribution in [-0.4, -0.2) is 15.1 Å². The zero-order valence-corrected chi connectivity index (χ0v) is 10.5. The van der Waals surface area contributed by atoms with Gasteiger partial charge in [0.05, 0.1) is 5.56 Å². The summed E-state index contributed by atoms with van der Waals surface area (Å²) in [4.78, 5) is 8.25. The second-order valence-corrected chi connectivity index (χ2v) is 4.33. The van der Waals surface area contributed by atoms with Crippen LogP contribution in [0.1, 0.15) is 0 Å². The molecule has 0 amide bonds. The second kappa shape index (κ2) is 4.70. The Morgan fingerprint density at radius 1 is 1.11 bits per heavy atom. The van der Waals surface area contributed by atoms with Crippen LogP contribution >= 0.6 is 11.6 Å². The molecule has 19 heavy (non-hydrogen) atoms. The number of nitrogens with two attached hydrogens (primary N) is 1. The predicted molar refractivity (Wildman–Crippen MR) is 72.4 cm³/mol. The van der Waals surface area contributed by atoms with Gasteiger partial charge in [-0.3, -0.25) is 4.98 Å². The normalized spacial score (nSPS) is 10.6. The number of rotatable bonds is 2. The van der Waals surface area contributed by atoms with E-state index in [-0.39, 0.29) is 0 Å². The van der Waals surface area contributed by atoms with E-state index in [4.69, 9.17) is 21.9 Å². The lowest BCUT2D eigenvalue weighted by Gasteiger charge is -2.00. The van der Waals surface area contributed by atoms with Crippen LogP contribution in [-0.2, 0) is 0 Å². The zero-order chi connectivity index (χ0) is 13.2. The van der Waals surface area contributed by atoms with Crippen LogP contribution in [0.15, 0.2) is 47.2 Å². The highest BCUT2D eigenvalue weighted by Gasteiger charge is 2.13. The molecule has 0 unspecified atom stereocenters. The minimum absolute atomic E-state index is 0.362. The molecular formula is C13H9ClN4O. The summed E-state index contributed by atoms with van der Waals surface area (Å²) in [6, 6.07) is 8.73. The van der Waals surface area contributed by atoms with E-state index in [2.05, 4.69) is 15.1 Å². The first-order chi connectivity index (χ1) is 9.24. The standard InChI is InChI=1S/C13H9ClN4O/c14-9-1-2-10(11(15)7-9)13-17-12(18-19-13)8-3-5-16-6-4-8/h1-7H,15H2. The van der Waals surface area contributed by atoms with Gasteiger partial charge in [0.2, 0.25) is 5.82 Å². The summed E-state index contributed by atoms with van der Waals surface area (Å²) >= 11 is 5.85. The number of halogens is 1. The molecule has 0 radical (unpaired) electrons. The molecule has 94 valence electrons. The lowest BCUT2D eigenvalue weighted by atomic mass is 10.2. The van der Waals surface area contributed by atoms with Crippen molar-refractivity contribution < 1.29 is 4.52 Å². The maximum Gasteiger partial charge on any atom is 0.260 e. The molecule has 0 atom stereocenters. The molecule has 0 fully saturated rings. The van der Waals surface area contributed by atoms with E-state index in [9.17, 15) is 0 Å². The van der Waals surface area contributed by atoms with Crippen molar-refractivity contribution in [3.05, 3.63) is 47.7 Å². The molecule has 3 rings (SSSR count). The molecule has 0 saturated carbocycles. The van der Waals surface area contributed by atoms with E-state index in [0.717, 1.165) is 5.56 Å². The first-order valence-electron chi connectivity index (χ1n) is 5.53. The number of nitrogen functional groups attached to an aromatic ring is 1. The lowest BCUT2D eigenvalue weighted by molar-refractivity contribution is 0.432. The number of hydrogen-bond donors (Lipinski definition) is 1. The van der Waals surface area contributed by atoms with Crippen LogP contribution < -0.4 is 5.73 Å². The molecule has 0 aliphatic heterocycles. The Bertz CT molecular complexity index is 712. The molecule has 5 nitrogen and oxygen atoms in total. The van der Waals surface area contributed by atoms with Gasteiger partial charge >= 0.3 is 0 Å². The highest BCUT2D eigenvalue weighted by atomic mass is 35.5. The molecule has 6 heteroatoms. The molecule has 0 aliphatic carbocycles. The van der Waals surface area contributed by atoms with Crippen LogP contribution in [0, 0.1) is 0 Å². The Morgan fingerprint density at radius 3 is 2.63 bits per heavy atom. The molecule has 0 bridgehead atoms. The van der Waals surface area contributed by atoms with Crippen molar-refractivity contribution >= 4 is 17.3 Å². The molecule has 2 heterocycles. The van der Waals surface area contributed by atoms with Crippen LogP contribution in [0.5, 0.6) is 0 Å². The smallest absolute Gasteiger partial charge is 0.260 e. The first kappa shape index (κ1) is 11.7. The molecule has 2 N–H and O–H groups in total. The minimum Gasteiger partial charge on any atom is -0.398 e. The Balaban J connectivity index is 2.02. The SMILES string of the molecule is Nc1cc(Cl)ccc1-c1nc(-c2ccncc2)no1. The fraction of sp³-hybridized carbons (Fsp3) is 0. The maximum atomic E-state index is 5.88. The van der Waals surface area contributed by atoms with Crippen molar-refractivity contribution in [3.63, 3.8) is 0 Å². The van der Waals surface area contributed by atoms with Crippen molar-refractivity contribution in [1.29, 1.82) is 0 Å². The fourth-order valence-corrected chi connectivity index (χ4v) is 1.86. The van der Waals surface area contributed by atoms with Gasteiger partial charge in [0.1, 0.15) is 0 Å². The second-order valence-electron chi connectivity index (χ2n) is 3.89.